The van der Waals surface area contributed by atoms with Gasteiger partial charge in [-0.05, 0) is 93.0 Å². The first-order valence-electron chi connectivity index (χ1n) is 13.1. The van der Waals surface area contributed by atoms with Gasteiger partial charge in [-0.25, -0.2) is 0 Å². The number of piperidine rings is 2. The van der Waals surface area contributed by atoms with Crippen molar-refractivity contribution in [3.8, 4) is 0 Å². The van der Waals surface area contributed by atoms with Crippen LogP contribution in [0.5, 0.6) is 0 Å². The van der Waals surface area contributed by atoms with Gasteiger partial charge in [0.25, 0.3) is 0 Å². The highest BCUT2D eigenvalue weighted by Crippen LogP contribution is 2.48. The van der Waals surface area contributed by atoms with Gasteiger partial charge >= 0.3 is 0 Å². The standard InChI is InChI=1S/C28H43N3O2/c1-21(32)31-17-8-7-11-25(31)26(33)29-24-12-13-28(23-10-6-5-9-22(23)24)15-19-30(20-16-28)18-14-27(2,3)4/h5-6,9-10,24-25H,7-8,11-20H2,1-4H3,(H,29,33)/t24-,25?/m0/s1. The Bertz CT molecular complexity index is 851. The molecule has 2 fully saturated rings. The number of benzene rings is 1. The number of amides is 2. The number of carbonyl (C=O) groups excluding carboxylic acids is 2. The Morgan fingerprint density at radius 3 is 2.45 bits per heavy atom. The molecule has 3 aliphatic rings. The number of likely N-dealkylation sites (tertiary alicyclic amines) is 2. The molecular formula is C28H43N3O2. The van der Waals surface area contributed by atoms with Crippen LogP contribution in [-0.2, 0) is 15.0 Å². The van der Waals surface area contributed by atoms with Crippen LogP contribution in [-0.4, -0.2) is 53.8 Å². The van der Waals surface area contributed by atoms with E-state index in [1.54, 1.807) is 11.8 Å². The second-order valence-electron chi connectivity index (χ2n) is 11.8. The molecule has 1 unspecified atom stereocenters. The van der Waals surface area contributed by atoms with Gasteiger partial charge in [0.2, 0.25) is 11.8 Å². The summed E-state index contributed by atoms with van der Waals surface area (Å²) in [6, 6.07) is 8.53. The average Bonchev–Trinajstić information content (AvgIpc) is 2.80. The van der Waals surface area contributed by atoms with E-state index >= 15 is 0 Å². The van der Waals surface area contributed by atoms with Crippen LogP contribution in [0.2, 0.25) is 0 Å². The van der Waals surface area contributed by atoms with Crippen molar-refractivity contribution in [2.75, 3.05) is 26.2 Å². The Kier molecular flexibility index (Phi) is 7.18. The van der Waals surface area contributed by atoms with Crippen molar-refractivity contribution < 1.29 is 9.59 Å². The molecule has 5 nitrogen and oxygen atoms in total. The minimum Gasteiger partial charge on any atom is -0.347 e. The molecule has 2 heterocycles. The molecule has 5 heteroatoms. The van der Waals surface area contributed by atoms with Crippen LogP contribution in [0.3, 0.4) is 0 Å². The maximum atomic E-state index is 13.2. The number of hydrogen-bond acceptors (Lipinski definition) is 3. The summed E-state index contributed by atoms with van der Waals surface area (Å²) in [6.45, 7) is 12.8. The summed E-state index contributed by atoms with van der Waals surface area (Å²) in [4.78, 5) is 29.7. The van der Waals surface area contributed by atoms with E-state index in [0.717, 1.165) is 45.2 Å². The zero-order chi connectivity index (χ0) is 23.6. The molecule has 1 spiro atoms. The fourth-order valence-corrected chi connectivity index (χ4v) is 6.21. The molecule has 182 valence electrons. The third-order valence-electron chi connectivity index (χ3n) is 8.34. The quantitative estimate of drug-likeness (QED) is 0.712. The van der Waals surface area contributed by atoms with E-state index in [2.05, 4.69) is 55.3 Å². The molecule has 1 aliphatic carbocycles. The van der Waals surface area contributed by atoms with Crippen molar-refractivity contribution in [1.29, 1.82) is 0 Å². The number of nitrogens with zero attached hydrogens (tertiary/aromatic N) is 2. The lowest BCUT2D eigenvalue weighted by Crippen LogP contribution is -2.53. The number of carbonyl (C=O) groups is 2. The van der Waals surface area contributed by atoms with Gasteiger partial charge < -0.3 is 15.1 Å². The Morgan fingerprint density at radius 1 is 1.03 bits per heavy atom. The molecule has 2 saturated heterocycles. The fraction of sp³-hybridized carbons (Fsp3) is 0.714. The summed E-state index contributed by atoms with van der Waals surface area (Å²) >= 11 is 0. The Balaban J connectivity index is 1.45. The van der Waals surface area contributed by atoms with Gasteiger partial charge in [0, 0.05) is 13.5 Å². The molecule has 0 bridgehead atoms. The van der Waals surface area contributed by atoms with Crippen molar-refractivity contribution >= 4 is 11.8 Å². The van der Waals surface area contributed by atoms with E-state index in [-0.39, 0.29) is 29.3 Å². The van der Waals surface area contributed by atoms with E-state index in [1.807, 2.05) is 0 Å². The summed E-state index contributed by atoms with van der Waals surface area (Å²) in [5.74, 6) is 0.0359. The summed E-state index contributed by atoms with van der Waals surface area (Å²) in [5.41, 5.74) is 3.37. The SMILES string of the molecule is CC(=O)N1CCCCC1C(=O)N[C@H]1CCC2(CCN(CCC(C)(C)C)CC2)c2ccccc21. The van der Waals surface area contributed by atoms with Gasteiger partial charge in [-0.2, -0.15) is 0 Å². The predicted molar refractivity (Wildman–Crippen MR) is 133 cm³/mol. The predicted octanol–water partition coefficient (Wildman–Crippen LogP) is 4.81. The fourth-order valence-electron chi connectivity index (χ4n) is 6.21. The maximum absolute atomic E-state index is 13.2. The molecule has 0 radical (unpaired) electrons. The van der Waals surface area contributed by atoms with E-state index < -0.39 is 0 Å². The summed E-state index contributed by atoms with van der Waals surface area (Å²) in [7, 11) is 0. The van der Waals surface area contributed by atoms with Crippen molar-refractivity contribution in [1.82, 2.24) is 15.1 Å². The van der Waals surface area contributed by atoms with Crippen LogP contribution in [0.15, 0.2) is 24.3 Å². The second kappa shape index (κ2) is 9.77. The van der Waals surface area contributed by atoms with Crippen LogP contribution in [0.1, 0.15) is 96.2 Å². The second-order valence-corrected chi connectivity index (χ2v) is 11.8. The number of nitrogens with one attached hydrogen (secondary N) is 1. The summed E-state index contributed by atoms with van der Waals surface area (Å²) < 4.78 is 0. The molecule has 0 aromatic heterocycles. The molecule has 4 rings (SSSR count). The highest BCUT2D eigenvalue weighted by molar-refractivity contribution is 5.87. The lowest BCUT2D eigenvalue weighted by atomic mass is 9.63. The van der Waals surface area contributed by atoms with Gasteiger partial charge in [0.1, 0.15) is 6.04 Å². The van der Waals surface area contributed by atoms with E-state index in [1.165, 1.54) is 36.9 Å². The van der Waals surface area contributed by atoms with Gasteiger partial charge in [0.15, 0.2) is 0 Å². The molecule has 0 saturated carbocycles. The lowest BCUT2D eigenvalue weighted by Gasteiger charge is -2.48. The summed E-state index contributed by atoms with van der Waals surface area (Å²) in [5, 5.41) is 3.35. The van der Waals surface area contributed by atoms with Crippen LogP contribution >= 0.6 is 0 Å². The molecule has 2 aliphatic heterocycles. The Labute approximate surface area is 200 Å². The minimum absolute atomic E-state index is 0.0102. The summed E-state index contributed by atoms with van der Waals surface area (Å²) in [6.07, 6.45) is 8.53. The van der Waals surface area contributed by atoms with Crippen LogP contribution < -0.4 is 5.32 Å². The number of fused-ring (bicyclic) bond motifs is 2. The topological polar surface area (TPSA) is 52.7 Å². The molecule has 2 atom stereocenters. The molecule has 1 aromatic carbocycles. The first-order valence-corrected chi connectivity index (χ1v) is 13.1. The molecular weight excluding hydrogens is 410 g/mol. The average molecular weight is 454 g/mol. The molecule has 33 heavy (non-hydrogen) atoms. The van der Waals surface area contributed by atoms with E-state index in [9.17, 15) is 9.59 Å². The number of hydrogen-bond donors (Lipinski definition) is 1. The van der Waals surface area contributed by atoms with E-state index in [4.69, 9.17) is 0 Å². The third-order valence-corrected chi connectivity index (χ3v) is 8.34. The molecule has 1 N–H and O–H groups in total. The Morgan fingerprint density at radius 2 is 1.76 bits per heavy atom. The van der Waals surface area contributed by atoms with E-state index in [0.29, 0.717) is 12.0 Å². The van der Waals surface area contributed by atoms with Crippen molar-refractivity contribution in [3.05, 3.63) is 35.4 Å². The van der Waals surface area contributed by atoms with Gasteiger partial charge in [-0.15, -0.1) is 0 Å². The van der Waals surface area contributed by atoms with Crippen LogP contribution in [0.4, 0.5) is 0 Å². The third kappa shape index (κ3) is 5.45. The number of rotatable bonds is 4. The monoisotopic (exact) mass is 453 g/mol. The van der Waals surface area contributed by atoms with Gasteiger partial charge in [-0.1, -0.05) is 45.0 Å². The minimum atomic E-state index is -0.314. The van der Waals surface area contributed by atoms with Crippen molar-refractivity contribution in [2.24, 2.45) is 5.41 Å². The lowest BCUT2D eigenvalue weighted by molar-refractivity contribution is -0.141. The smallest absolute Gasteiger partial charge is 0.243 e. The largest absolute Gasteiger partial charge is 0.347 e. The first kappa shape index (κ1) is 24.3. The molecule has 2 amide bonds. The molecule has 1 aromatic rings. The van der Waals surface area contributed by atoms with Crippen LogP contribution in [0.25, 0.3) is 0 Å². The first-order chi connectivity index (χ1) is 15.7. The van der Waals surface area contributed by atoms with Crippen molar-refractivity contribution in [3.63, 3.8) is 0 Å². The maximum Gasteiger partial charge on any atom is 0.243 e. The normalized spacial score (nSPS) is 25.5. The van der Waals surface area contributed by atoms with Gasteiger partial charge in [-0.3, -0.25) is 9.59 Å². The zero-order valence-electron chi connectivity index (χ0n) is 21.2. The highest BCUT2D eigenvalue weighted by atomic mass is 16.2. The van der Waals surface area contributed by atoms with Gasteiger partial charge in [0.05, 0.1) is 6.04 Å². The van der Waals surface area contributed by atoms with Crippen molar-refractivity contribution in [2.45, 2.75) is 96.6 Å². The highest BCUT2D eigenvalue weighted by Gasteiger charge is 2.43. The Hall–Kier alpha value is -1.88. The zero-order valence-corrected chi connectivity index (χ0v) is 21.2. The van der Waals surface area contributed by atoms with Crippen LogP contribution in [0, 0.1) is 5.41 Å².